The molecule has 21 heavy (non-hydrogen) atoms. The van der Waals surface area contributed by atoms with Crippen molar-refractivity contribution in [3.63, 3.8) is 0 Å². The smallest absolute Gasteiger partial charge is 0.256 e. The second-order valence-electron chi connectivity index (χ2n) is 5.98. The molecule has 1 N–H and O–H groups in total. The molecule has 0 radical (unpaired) electrons. The lowest BCUT2D eigenvalue weighted by Crippen LogP contribution is -2.52. The van der Waals surface area contributed by atoms with Crippen LogP contribution in [0.2, 0.25) is 0 Å². The number of aliphatic hydroxyl groups is 1. The number of piperazine rings is 1. The molecule has 1 aromatic carbocycles. The molecule has 1 fully saturated rings. The average Bonchev–Trinajstić information content (AvgIpc) is 2.40. The van der Waals surface area contributed by atoms with Crippen LogP contribution in [-0.2, 0) is 0 Å². The van der Waals surface area contributed by atoms with Gasteiger partial charge in [0, 0.05) is 32.7 Å². The third-order valence-electron chi connectivity index (χ3n) is 3.45. The molecule has 0 aliphatic carbocycles. The van der Waals surface area contributed by atoms with Gasteiger partial charge in [0.2, 0.25) is 0 Å². The van der Waals surface area contributed by atoms with E-state index in [2.05, 4.69) is 20.8 Å². The summed E-state index contributed by atoms with van der Waals surface area (Å²) in [7, 11) is 0. The zero-order valence-electron chi connectivity index (χ0n) is 12.3. The quantitative estimate of drug-likeness (QED) is 0.899. The van der Waals surface area contributed by atoms with Gasteiger partial charge in [0.25, 0.3) is 5.91 Å². The molecule has 0 saturated carbocycles. The average molecular weight is 359 g/mol. The lowest BCUT2D eigenvalue weighted by atomic mass is 10.1. The predicted molar refractivity (Wildman–Crippen MR) is 82.7 cm³/mol. The summed E-state index contributed by atoms with van der Waals surface area (Å²) in [4.78, 5) is 16.1. The highest BCUT2D eigenvalue weighted by atomic mass is 79.9. The van der Waals surface area contributed by atoms with Crippen LogP contribution in [0.3, 0.4) is 0 Å². The maximum Gasteiger partial charge on any atom is 0.256 e. The van der Waals surface area contributed by atoms with Gasteiger partial charge in [-0.05, 0) is 41.9 Å². The molecule has 0 unspecified atom stereocenters. The van der Waals surface area contributed by atoms with Crippen LogP contribution >= 0.6 is 15.9 Å². The van der Waals surface area contributed by atoms with Gasteiger partial charge < -0.3 is 10.0 Å². The molecule has 6 heteroatoms. The third kappa shape index (κ3) is 4.25. The van der Waals surface area contributed by atoms with E-state index in [-0.39, 0.29) is 11.5 Å². The fraction of sp³-hybridized carbons (Fsp3) is 0.533. The van der Waals surface area contributed by atoms with Crippen LogP contribution in [0.5, 0.6) is 0 Å². The van der Waals surface area contributed by atoms with Crippen molar-refractivity contribution < 1.29 is 14.3 Å². The van der Waals surface area contributed by atoms with Gasteiger partial charge >= 0.3 is 0 Å². The minimum Gasteiger partial charge on any atom is -0.389 e. The van der Waals surface area contributed by atoms with Gasteiger partial charge in [0.05, 0.1) is 15.6 Å². The maximum absolute atomic E-state index is 14.0. The summed E-state index contributed by atoms with van der Waals surface area (Å²) in [5, 5.41) is 9.81. The predicted octanol–water partition coefficient (Wildman–Crippen LogP) is 2.12. The molecule has 116 valence electrons. The number of halogens is 2. The molecule has 4 nitrogen and oxygen atoms in total. The minimum atomic E-state index is -0.747. The van der Waals surface area contributed by atoms with Crippen molar-refractivity contribution in [2.45, 2.75) is 19.4 Å². The highest BCUT2D eigenvalue weighted by molar-refractivity contribution is 9.10. The van der Waals surface area contributed by atoms with E-state index in [0.717, 1.165) is 0 Å². The van der Waals surface area contributed by atoms with Crippen molar-refractivity contribution in [1.29, 1.82) is 0 Å². The first-order chi connectivity index (χ1) is 9.78. The number of hydrogen-bond acceptors (Lipinski definition) is 3. The topological polar surface area (TPSA) is 43.8 Å². The van der Waals surface area contributed by atoms with E-state index in [4.69, 9.17) is 0 Å². The summed E-state index contributed by atoms with van der Waals surface area (Å²) in [6.07, 6.45) is 0. The van der Waals surface area contributed by atoms with Crippen molar-refractivity contribution in [2.24, 2.45) is 0 Å². The first kappa shape index (κ1) is 16.4. The van der Waals surface area contributed by atoms with Crippen molar-refractivity contribution in [2.75, 3.05) is 32.7 Å². The van der Waals surface area contributed by atoms with E-state index < -0.39 is 11.4 Å². The van der Waals surface area contributed by atoms with Gasteiger partial charge in [-0.25, -0.2) is 4.39 Å². The van der Waals surface area contributed by atoms with E-state index in [1.54, 1.807) is 30.9 Å². The summed E-state index contributed by atoms with van der Waals surface area (Å²) in [5.74, 6) is -0.793. The molecular weight excluding hydrogens is 339 g/mol. The van der Waals surface area contributed by atoms with Crippen LogP contribution in [0.4, 0.5) is 4.39 Å². The standard InChI is InChI=1S/C15H20BrFN2O2/c1-15(2,21)10-18-6-8-19(9-7-18)14(20)11-4-3-5-12(16)13(11)17/h3-5,21H,6-10H2,1-2H3. The molecule has 0 aromatic heterocycles. The Morgan fingerprint density at radius 1 is 1.33 bits per heavy atom. The first-order valence-corrected chi connectivity index (χ1v) is 7.75. The molecule has 2 rings (SSSR count). The Balaban J connectivity index is 1.99. The molecule has 1 saturated heterocycles. The molecule has 1 heterocycles. The molecule has 1 aliphatic heterocycles. The molecular formula is C15H20BrFN2O2. The first-order valence-electron chi connectivity index (χ1n) is 6.96. The van der Waals surface area contributed by atoms with E-state index in [1.165, 1.54) is 6.07 Å². The number of hydrogen-bond donors (Lipinski definition) is 1. The third-order valence-corrected chi connectivity index (χ3v) is 4.06. The number of amides is 1. The van der Waals surface area contributed by atoms with Gasteiger partial charge in [-0.15, -0.1) is 0 Å². The maximum atomic E-state index is 14.0. The van der Waals surface area contributed by atoms with Crippen molar-refractivity contribution in [3.05, 3.63) is 34.1 Å². The molecule has 0 atom stereocenters. The number of benzene rings is 1. The van der Waals surface area contributed by atoms with Crippen LogP contribution in [-0.4, -0.2) is 59.1 Å². The molecule has 1 aromatic rings. The fourth-order valence-corrected chi connectivity index (χ4v) is 2.86. The zero-order chi connectivity index (χ0) is 15.6. The van der Waals surface area contributed by atoms with Crippen molar-refractivity contribution in [3.8, 4) is 0 Å². The van der Waals surface area contributed by atoms with Gasteiger partial charge in [-0.3, -0.25) is 9.69 Å². The Morgan fingerprint density at radius 2 is 1.95 bits per heavy atom. The monoisotopic (exact) mass is 358 g/mol. The van der Waals surface area contributed by atoms with Gasteiger partial charge in [0.15, 0.2) is 0 Å². The van der Waals surface area contributed by atoms with Gasteiger partial charge in [-0.1, -0.05) is 6.07 Å². The highest BCUT2D eigenvalue weighted by Crippen LogP contribution is 2.20. The second kappa shape index (κ2) is 6.42. The largest absolute Gasteiger partial charge is 0.389 e. The van der Waals surface area contributed by atoms with Crippen LogP contribution in [0.15, 0.2) is 22.7 Å². The van der Waals surface area contributed by atoms with Crippen LogP contribution in [0, 0.1) is 5.82 Å². The summed E-state index contributed by atoms with van der Waals surface area (Å²) in [6, 6.07) is 4.74. The Labute approximate surface area is 132 Å². The number of rotatable bonds is 3. The SMILES string of the molecule is CC(C)(O)CN1CCN(C(=O)c2cccc(Br)c2F)CC1. The van der Waals surface area contributed by atoms with Gasteiger partial charge in [-0.2, -0.15) is 0 Å². The van der Waals surface area contributed by atoms with Crippen LogP contribution in [0.25, 0.3) is 0 Å². The zero-order valence-corrected chi connectivity index (χ0v) is 13.9. The Kier molecular flexibility index (Phi) is 5.01. The number of β-amino-alcohol motifs (C(OH)–C–C–N with tert-alkyl or cyclic N) is 1. The second-order valence-corrected chi connectivity index (χ2v) is 6.84. The van der Waals surface area contributed by atoms with E-state index in [9.17, 15) is 14.3 Å². The van der Waals surface area contributed by atoms with E-state index >= 15 is 0 Å². The Morgan fingerprint density at radius 3 is 2.52 bits per heavy atom. The Bertz CT molecular complexity index is 523. The number of carbonyl (C=O) groups is 1. The number of nitrogens with zero attached hydrogens (tertiary/aromatic N) is 2. The molecule has 0 spiro atoms. The highest BCUT2D eigenvalue weighted by Gasteiger charge is 2.27. The lowest BCUT2D eigenvalue weighted by molar-refractivity contribution is 0.0177. The summed E-state index contributed by atoms with van der Waals surface area (Å²) in [5.41, 5.74) is -0.650. The van der Waals surface area contributed by atoms with E-state index in [0.29, 0.717) is 37.2 Å². The van der Waals surface area contributed by atoms with Crippen LogP contribution < -0.4 is 0 Å². The van der Waals surface area contributed by atoms with Crippen molar-refractivity contribution in [1.82, 2.24) is 9.80 Å². The summed E-state index contributed by atoms with van der Waals surface area (Å²) in [6.45, 7) is 6.56. The fourth-order valence-electron chi connectivity index (χ4n) is 2.50. The van der Waals surface area contributed by atoms with Crippen LogP contribution in [0.1, 0.15) is 24.2 Å². The van der Waals surface area contributed by atoms with Gasteiger partial charge in [0.1, 0.15) is 5.82 Å². The summed E-state index contributed by atoms with van der Waals surface area (Å²) < 4.78 is 14.3. The minimum absolute atomic E-state index is 0.0975. The summed E-state index contributed by atoms with van der Waals surface area (Å²) >= 11 is 3.10. The number of carbonyl (C=O) groups excluding carboxylic acids is 1. The Hall–Kier alpha value is -0.980. The lowest BCUT2D eigenvalue weighted by Gasteiger charge is -2.37. The van der Waals surface area contributed by atoms with E-state index in [1.807, 2.05) is 0 Å². The molecule has 1 aliphatic rings. The van der Waals surface area contributed by atoms with Crippen molar-refractivity contribution >= 4 is 21.8 Å². The normalized spacial score (nSPS) is 17.1. The molecule has 1 amide bonds. The molecule has 0 bridgehead atoms.